The molecule has 0 atom stereocenters. The molecule has 6 nitrogen and oxygen atoms in total. The normalized spacial score (nSPS) is 8.92. The van der Waals surface area contributed by atoms with Crippen LogP contribution in [0.25, 0.3) is 0 Å². The summed E-state index contributed by atoms with van der Waals surface area (Å²) >= 11 is -3.40. The van der Waals surface area contributed by atoms with Crippen LogP contribution >= 0.6 is 0 Å². The maximum absolute atomic E-state index is 10.0. The molecule has 0 bridgehead atoms. The van der Waals surface area contributed by atoms with Gasteiger partial charge in [-0.3, -0.25) is 10.1 Å². The average molecular weight is 252 g/mol. The zero-order chi connectivity index (χ0) is 10.3. The molecule has 7 heteroatoms. The molecule has 0 heterocycles. The quantitative estimate of drug-likeness (QED) is 0.491. The molecule has 0 amide bonds. The van der Waals surface area contributed by atoms with Gasteiger partial charge in [0.25, 0.3) is 5.69 Å². The van der Waals surface area contributed by atoms with Gasteiger partial charge in [0.2, 0.25) is 0 Å². The van der Waals surface area contributed by atoms with E-state index in [4.69, 9.17) is 12.6 Å². The topological polar surface area (TPSA) is 109 Å². The summed E-state index contributed by atoms with van der Waals surface area (Å²) < 4.78 is 24.3. The lowest BCUT2D eigenvalue weighted by Crippen LogP contribution is -2.30. The van der Waals surface area contributed by atoms with Crippen LogP contribution in [0.2, 0.25) is 0 Å². The Bertz CT molecular complexity index is 250. The monoisotopic (exact) mass is 251 g/mol. The van der Waals surface area contributed by atoms with Crippen molar-refractivity contribution in [1.29, 1.82) is 0 Å². The van der Waals surface area contributed by atoms with Gasteiger partial charge < -0.3 is 8.40 Å². The molecule has 72 valence electrons. The van der Waals surface area contributed by atoms with E-state index in [1.165, 1.54) is 12.1 Å². The molecule has 0 unspecified atom stereocenters. The largest absolute Gasteiger partial charge is 0.433 e. The van der Waals surface area contributed by atoms with Gasteiger partial charge in [0.15, 0.2) is 0 Å². The molecule has 0 radical (unpaired) electrons. The lowest BCUT2D eigenvalue weighted by molar-refractivity contribution is -1.63. The molecule has 1 rings (SSSR count). The first kappa shape index (κ1) is 12.0. The minimum Gasteiger partial charge on any atom is -0.372 e. The minimum absolute atomic E-state index is 0.137. The molecule has 0 saturated heterocycles. The van der Waals surface area contributed by atoms with Crippen molar-refractivity contribution in [3.8, 4) is 0 Å². The average Bonchev–Trinajstić information content (AvgIpc) is 2.05. The fourth-order valence-corrected chi connectivity index (χ4v) is 0.550. The van der Waals surface area contributed by atoms with E-state index in [2.05, 4.69) is 0 Å². The number of para-hydroxylation sites is 1. The molecule has 0 aromatic heterocycles. The van der Waals surface area contributed by atoms with Gasteiger partial charge in [-0.2, -0.15) is 0 Å². The Morgan fingerprint density at radius 1 is 1.23 bits per heavy atom. The zero-order valence-corrected chi connectivity index (χ0v) is 7.88. The summed E-state index contributed by atoms with van der Waals surface area (Å²) in [5.41, 5.74) is 0.137. The van der Waals surface area contributed by atoms with Gasteiger partial charge in [-0.05, 0) is 4.20 Å². The third kappa shape index (κ3) is 7.34. The highest BCUT2D eigenvalue weighted by Crippen LogP contribution is 2.06. The number of nitro groups is 1. The SMILES string of the molecule is O=[N+]([O-])c1ccccc1.[O-][Br+2]([O-])O. The Morgan fingerprint density at radius 2 is 1.62 bits per heavy atom. The van der Waals surface area contributed by atoms with E-state index in [1.807, 2.05) is 0 Å². The summed E-state index contributed by atoms with van der Waals surface area (Å²) in [6.07, 6.45) is 0. The van der Waals surface area contributed by atoms with Crippen molar-refractivity contribution in [3.63, 3.8) is 0 Å². The van der Waals surface area contributed by atoms with E-state index < -0.39 is 19.7 Å². The second kappa shape index (κ2) is 6.49. The van der Waals surface area contributed by atoms with Crippen LogP contribution in [0, 0.1) is 24.9 Å². The van der Waals surface area contributed by atoms with Gasteiger partial charge in [0, 0.05) is 12.1 Å². The molecule has 1 aromatic carbocycles. The van der Waals surface area contributed by atoms with Crippen LogP contribution in [-0.2, 0) is 0 Å². The van der Waals surface area contributed by atoms with E-state index in [-0.39, 0.29) is 5.69 Å². The van der Waals surface area contributed by atoms with Crippen LogP contribution in [0.15, 0.2) is 30.3 Å². The number of rotatable bonds is 1. The van der Waals surface area contributed by atoms with E-state index in [9.17, 15) is 10.1 Å². The van der Waals surface area contributed by atoms with Crippen LogP contribution in [0.5, 0.6) is 0 Å². The standard InChI is InChI=1S/C6H5NO2.BrHO3/c8-7(9)6-4-2-1-3-5-6;2-1(3)4/h1-5H;2H. The van der Waals surface area contributed by atoms with Crippen LogP contribution in [0.1, 0.15) is 0 Å². The van der Waals surface area contributed by atoms with Crippen LogP contribution in [-0.4, -0.2) is 9.12 Å². The molecule has 0 aliphatic carbocycles. The molecule has 0 aliphatic heterocycles. The lowest BCUT2D eigenvalue weighted by Gasteiger charge is -1.85. The highest BCUT2D eigenvalue weighted by atomic mass is 80.0. The van der Waals surface area contributed by atoms with Crippen molar-refractivity contribution in [2.75, 3.05) is 0 Å². The van der Waals surface area contributed by atoms with E-state index in [0.29, 0.717) is 0 Å². The Morgan fingerprint density at radius 3 is 1.85 bits per heavy atom. The predicted octanol–water partition coefficient (Wildman–Crippen LogP) is -1.34. The van der Waals surface area contributed by atoms with Crippen molar-refractivity contribution < 1.29 is 32.3 Å². The smallest absolute Gasteiger partial charge is 0.372 e. The molecule has 0 aliphatic rings. The van der Waals surface area contributed by atoms with E-state index in [0.717, 1.165) is 0 Å². The first-order chi connectivity index (χ1) is 6.04. The van der Waals surface area contributed by atoms with Crippen molar-refractivity contribution in [3.05, 3.63) is 40.4 Å². The fourth-order valence-electron chi connectivity index (χ4n) is 0.550. The van der Waals surface area contributed by atoms with Crippen LogP contribution < -0.4 is 8.40 Å². The first-order valence-electron chi connectivity index (χ1n) is 2.98. The Hall–Kier alpha value is -1.02. The highest BCUT2D eigenvalue weighted by Gasteiger charge is 1.98. The third-order valence-corrected chi connectivity index (χ3v) is 0.967. The molecule has 1 N–H and O–H groups in total. The predicted molar refractivity (Wildman–Crippen MR) is 35.3 cm³/mol. The van der Waals surface area contributed by atoms with Crippen molar-refractivity contribution >= 4 is 5.69 Å². The molecule has 13 heavy (non-hydrogen) atoms. The second-order valence-electron chi connectivity index (χ2n) is 1.79. The summed E-state index contributed by atoms with van der Waals surface area (Å²) in [6, 6.07) is 7.93. The van der Waals surface area contributed by atoms with Crippen molar-refractivity contribution in [2.24, 2.45) is 0 Å². The Balaban J connectivity index is 0.000000310. The summed E-state index contributed by atoms with van der Waals surface area (Å²) in [4.78, 5) is 9.59. The number of hydrogen-bond acceptors (Lipinski definition) is 5. The number of nitro benzene ring substituents is 1. The van der Waals surface area contributed by atoms with E-state index in [1.54, 1.807) is 18.2 Å². The molecule has 0 saturated carbocycles. The fraction of sp³-hybridized carbons (Fsp3) is 0. The molecular weight excluding hydrogens is 246 g/mol. The van der Waals surface area contributed by atoms with Gasteiger partial charge in [-0.15, -0.1) is 0 Å². The Labute approximate surface area is 79.0 Å². The van der Waals surface area contributed by atoms with E-state index >= 15 is 0 Å². The van der Waals surface area contributed by atoms with Gasteiger partial charge in [0.05, 0.1) is 4.92 Å². The van der Waals surface area contributed by atoms with Gasteiger partial charge >= 0.3 is 14.8 Å². The summed E-state index contributed by atoms with van der Waals surface area (Å²) in [7, 11) is 0. The first-order valence-corrected chi connectivity index (χ1v) is 4.98. The number of benzene rings is 1. The maximum atomic E-state index is 10.0. The van der Waals surface area contributed by atoms with Crippen LogP contribution in [0.4, 0.5) is 5.69 Å². The second-order valence-corrected chi connectivity index (χ2v) is 2.64. The Kier molecular flexibility index (Phi) is 5.98. The summed E-state index contributed by atoms with van der Waals surface area (Å²) in [5, 5.41) is 10.0. The number of halogens is 1. The molecule has 0 fully saturated rings. The van der Waals surface area contributed by atoms with Crippen molar-refractivity contribution in [2.45, 2.75) is 0 Å². The summed E-state index contributed by atoms with van der Waals surface area (Å²) in [5.74, 6) is 0. The number of nitrogens with zero attached hydrogens (tertiary/aromatic N) is 1. The van der Waals surface area contributed by atoms with Crippen molar-refractivity contribution in [1.82, 2.24) is 0 Å². The highest BCUT2D eigenvalue weighted by molar-refractivity contribution is 5.27. The molecule has 1 aromatic rings. The van der Waals surface area contributed by atoms with Gasteiger partial charge in [-0.1, -0.05) is 18.2 Å². The molecular formula is C6H6BrNO5. The summed E-state index contributed by atoms with van der Waals surface area (Å²) in [6.45, 7) is 0. The molecule has 0 spiro atoms. The minimum atomic E-state index is -3.40. The van der Waals surface area contributed by atoms with Gasteiger partial charge in [-0.25, -0.2) is 0 Å². The maximum Gasteiger partial charge on any atom is 0.433 e. The van der Waals surface area contributed by atoms with Gasteiger partial charge in [0.1, 0.15) is 0 Å². The van der Waals surface area contributed by atoms with Crippen LogP contribution in [0.3, 0.4) is 0 Å². The number of hydrogen-bond donors (Lipinski definition) is 1. The number of non-ortho nitro benzene ring substituents is 1. The zero-order valence-electron chi connectivity index (χ0n) is 6.29. The third-order valence-electron chi connectivity index (χ3n) is 0.967. The lowest BCUT2D eigenvalue weighted by atomic mass is 10.3.